The minimum absolute atomic E-state index is 0.0480. The molecule has 34 heavy (non-hydrogen) atoms. The van der Waals surface area contributed by atoms with E-state index in [1.54, 1.807) is 30.7 Å². The summed E-state index contributed by atoms with van der Waals surface area (Å²) >= 11 is 0. The third kappa shape index (κ3) is 5.41. The first-order valence-corrected chi connectivity index (χ1v) is 11.2. The van der Waals surface area contributed by atoms with E-state index in [-0.39, 0.29) is 18.0 Å². The van der Waals surface area contributed by atoms with Crippen LogP contribution in [0.1, 0.15) is 34.3 Å². The molecule has 3 aromatic rings. The number of carbonyl (C=O) groups is 1. The Bertz CT molecular complexity index is 1170. The van der Waals surface area contributed by atoms with Gasteiger partial charge in [-0.15, -0.1) is 0 Å². The number of rotatable bonds is 7. The number of nitrogens with one attached hydrogen (secondary N) is 1. The lowest BCUT2D eigenvalue weighted by Gasteiger charge is -2.18. The number of carbonyl (C=O) groups excluding carboxylic acids is 1. The third-order valence-corrected chi connectivity index (χ3v) is 6.00. The summed E-state index contributed by atoms with van der Waals surface area (Å²) in [6.45, 7) is 4.57. The smallest absolute Gasteiger partial charge is 0.420 e. The molecule has 2 heterocycles. The number of aryl methyl sites for hydroxylation is 2. The van der Waals surface area contributed by atoms with Crippen LogP contribution < -0.4 is 10.1 Å². The predicted molar refractivity (Wildman–Crippen MR) is 124 cm³/mol. The normalized spacial score (nSPS) is 14.4. The topological polar surface area (TPSA) is 59.4 Å². The second-order valence-electron chi connectivity index (χ2n) is 8.48. The van der Waals surface area contributed by atoms with Gasteiger partial charge in [-0.1, -0.05) is 6.07 Å². The summed E-state index contributed by atoms with van der Waals surface area (Å²) < 4.78 is 48.4. The number of benzene rings is 2. The van der Waals surface area contributed by atoms with Crippen molar-refractivity contribution in [3.63, 3.8) is 0 Å². The first-order chi connectivity index (χ1) is 16.2. The number of aromatic nitrogens is 2. The Kier molecular flexibility index (Phi) is 6.92. The average molecular weight is 473 g/mol. The van der Waals surface area contributed by atoms with E-state index in [9.17, 15) is 18.0 Å². The Labute approximate surface area is 196 Å². The zero-order valence-electron chi connectivity index (χ0n) is 19.2. The first kappa shape index (κ1) is 23.8. The van der Waals surface area contributed by atoms with E-state index >= 15 is 0 Å². The second kappa shape index (κ2) is 9.89. The van der Waals surface area contributed by atoms with Crippen LogP contribution in [-0.2, 0) is 13.2 Å². The van der Waals surface area contributed by atoms with Crippen molar-refractivity contribution in [2.75, 3.05) is 31.6 Å². The van der Waals surface area contributed by atoms with E-state index in [0.717, 1.165) is 48.8 Å². The van der Waals surface area contributed by atoms with Crippen molar-refractivity contribution >= 4 is 11.6 Å². The third-order valence-electron chi connectivity index (χ3n) is 6.00. The summed E-state index contributed by atoms with van der Waals surface area (Å²) in [5.74, 6) is -0.738. The van der Waals surface area contributed by atoms with Crippen molar-refractivity contribution in [2.24, 2.45) is 7.05 Å². The summed E-state index contributed by atoms with van der Waals surface area (Å²) in [6, 6.07) is 8.76. The lowest BCUT2D eigenvalue weighted by molar-refractivity contribution is -0.138. The van der Waals surface area contributed by atoms with Crippen LogP contribution in [0.2, 0.25) is 0 Å². The standard InChI is InChI=1S/C25H27F3N4O2/c1-17-5-6-18(13-20(17)22-15-29-16-31(22)2)24(33)30-19-7-8-23(21(14-19)25(26,27)28)34-12-11-32-9-3-4-10-32/h5-8,13-16H,3-4,9-12H2,1-2H3,(H,30,33). The van der Waals surface area contributed by atoms with Crippen molar-refractivity contribution < 1.29 is 22.7 Å². The van der Waals surface area contributed by atoms with E-state index in [1.165, 1.54) is 12.1 Å². The van der Waals surface area contributed by atoms with Gasteiger partial charge in [-0.05, 0) is 68.8 Å². The molecular weight excluding hydrogens is 445 g/mol. The molecule has 0 aliphatic carbocycles. The SMILES string of the molecule is Cc1ccc(C(=O)Nc2ccc(OCCN3CCCC3)c(C(F)(F)F)c2)cc1-c1cncn1C. The summed E-state index contributed by atoms with van der Waals surface area (Å²) in [5.41, 5.74) is 2.08. The number of likely N-dealkylation sites (tertiary alicyclic amines) is 1. The maximum atomic E-state index is 13.7. The van der Waals surface area contributed by atoms with Gasteiger partial charge in [0.1, 0.15) is 12.4 Å². The van der Waals surface area contributed by atoms with Gasteiger partial charge >= 0.3 is 6.18 Å². The van der Waals surface area contributed by atoms with Gasteiger partial charge in [-0.2, -0.15) is 13.2 Å². The summed E-state index contributed by atoms with van der Waals surface area (Å²) in [6.07, 6.45) is 0.955. The van der Waals surface area contributed by atoms with Crippen LogP contribution in [0.25, 0.3) is 11.3 Å². The molecule has 0 unspecified atom stereocenters. The zero-order chi connectivity index (χ0) is 24.3. The maximum absolute atomic E-state index is 13.7. The Hall–Kier alpha value is -3.33. The van der Waals surface area contributed by atoms with Gasteiger partial charge in [0.25, 0.3) is 5.91 Å². The Morgan fingerprint density at radius 1 is 1.15 bits per heavy atom. The lowest BCUT2D eigenvalue weighted by atomic mass is 10.0. The molecule has 0 atom stereocenters. The molecule has 0 bridgehead atoms. The molecule has 1 saturated heterocycles. The molecule has 1 N–H and O–H groups in total. The van der Waals surface area contributed by atoms with Crippen LogP contribution in [0, 0.1) is 6.92 Å². The summed E-state index contributed by atoms with van der Waals surface area (Å²) in [7, 11) is 1.85. The fraction of sp³-hybridized carbons (Fsp3) is 0.360. The first-order valence-electron chi connectivity index (χ1n) is 11.2. The number of hydrogen-bond donors (Lipinski definition) is 1. The van der Waals surface area contributed by atoms with Crippen molar-refractivity contribution in [3.05, 3.63) is 65.6 Å². The predicted octanol–water partition coefficient (Wildman–Crippen LogP) is 5.14. The fourth-order valence-electron chi connectivity index (χ4n) is 4.11. The van der Waals surface area contributed by atoms with Gasteiger partial charge < -0.3 is 14.6 Å². The van der Waals surface area contributed by atoms with Crippen LogP contribution in [0.4, 0.5) is 18.9 Å². The second-order valence-corrected chi connectivity index (χ2v) is 8.48. The number of hydrogen-bond acceptors (Lipinski definition) is 4. The van der Waals surface area contributed by atoms with Crippen molar-refractivity contribution in [1.29, 1.82) is 0 Å². The Morgan fingerprint density at radius 3 is 2.59 bits per heavy atom. The summed E-state index contributed by atoms with van der Waals surface area (Å²) in [4.78, 5) is 19.1. The highest BCUT2D eigenvalue weighted by atomic mass is 19.4. The molecule has 1 aromatic heterocycles. The number of anilines is 1. The molecule has 1 aliphatic rings. The van der Waals surface area contributed by atoms with Crippen LogP contribution in [0.15, 0.2) is 48.9 Å². The Balaban J connectivity index is 1.51. The number of nitrogens with zero attached hydrogens (tertiary/aromatic N) is 3. The van der Waals surface area contributed by atoms with Crippen molar-refractivity contribution in [1.82, 2.24) is 14.5 Å². The van der Waals surface area contributed by atoms with E-state index in [1.807, 2.05) is 18.5 Å². The molecule has 0 radical (unpaired) electrons. The van der Waals surface area contributed by atoms with Crippen LogP contribution in [-0.4, -0.2) is 46.6 Å². The highest BCUT2D eigenvalue weighted by Crippen LogP contribution is 2.38. The molecule has 1 amide bonds. The van der Waals surface area contributed by atoms with Crippen LogP contribution in [0.5, 0.6) is 5.75 Å². The molecule has 6 nitrogen and oxygen atoms in total. The largest absolute Gasteiger partial charge is 0.492 e. The van der Waals surface area contributed by atoms with Gasteiger partial charge in [0.2, 0.25) is 0 Å². The van der Waals surface area contributed by atoms with E-state index in [4.69, 9.17) is 4.74 Å². The lowest BCUT2D eigenvalue weighted by Crippen LogP contribution is -2.25. The molecule has 0 saturated carbocycles. The van der Waals surface area contributed by atoms with Crippen LogP contribution >= 0.6 is 0 Å². The number of imidazole rings is 1. The number of amides is 1. The molecule has 1 aliphatic heterocycles. The Morgan fingerprint density at radius 2 is 1.91 bits per heavy atom. The highest BCUT2D eigenvalue weighted by Gasteiger charge is 2.35. The minimum atomic E-state index is -4.61. The van der Waals surface area contributed by atoms with Gasteiger partial charge in [-0.3, -0.25) is 9.69 Å². The molecule has 2 aromatic carbocycles. The molecular formula is C25H27F3N4O2. The quantitative estimate of drug-likeness (QED) is 0.517. The molecule has 4 rings (SSSR count). The van der Waals surface area contributed by atoms with Crippen LogP contribution in [0.3, 0.4) is 0 Å². The van der Waals surface area contributed by atoms with Gasteiger partial charge in [0.05, 0.1) is 23.8 Å². The van der Waals surface area contributed by atoms with Crippen molar-refractivity contribution in [2.45, 2.75) is 25.9 Å². The van der Waals surface area contributed by atoms with Gasteiger partial charge in [0, 0.05) is 30.4 Å². The fourth-order valence-corrected chi connectivity index (χ4v) is 4.11. The van der Waals surface area contributed by atoms with Gasteiger partial charge in [-0.25, -0.2) is 4.98 Å². The number of halogens is 3. The minimum Gasteiger partial charge on any atom is -0.492 e. The number of ether oxygens (including phenoxy) is 1. The molecule has 1 fully saturated rings. The molecule has 0 spiro atoms. The maximum Gasteiger partial charge on any atom is 0.420 e. The monoisotopic (exact) mass is 472 g/mol. The average Bonchev–Trinajstić information content (AvgIpc) is 3.46. The van der Waals surface area contributed by atoms with E-state index in [0.29, 0.717) is 12.1 Å². The molecule has 9 heteroatoms. The highest BCUT2D eigenvalue weighted by molar-refractivity contribution is 6.05. The molecule has 180 valence electrons. The summed E-state index contributed by atoms with van der Waals surface area (Å²) in [5, 5.41) is 2.58. The van der Waals surface area contributed by atoms with Gasteiger partial charge in [0.15, 0.2) is 0 Å². The van der Waals surface area contributed by atoms with E-state index < -0.39 is 17.6 Å². The number of alkyl halides is 3. The van der Waals surface area contributed by atoms with Crippen molar-refractivity contribution in [3.8, 4) is 17.0 Å². The van der Waals surface area contributed by atoms with E-state index in [2.05, 4.69) is 15.2 Å². The zero-order valence-corrected chi connectivity index (χ0v) is 19.2.